The molecule has 246 valence electrons. The molecule has 0 atom stereocenters. The second-order valence-corrected chi connectivity index (χ2v) is 14.7. The summed E-state index contributed by atoms with van der Waals surface area (Å²) < 4.78 is 36.3. The third kappa shape index (κ3) is 7.09. The summed E-state index contributed by atoms with van der Waals surface area (Å²) in [6, 6.07) is 28.9. The molecule has 4 aromatic carbocycles. The number of hydrogen-bond donors (Lipinski definition) is 1. The average molecular weight is 702 g/mol. The fraction of sp³-hybridized carbons (Fsp3) is 0.243. The van der Waals surface area contributed by atoms with E-state index in [-0.39, 0.29) is 6.54 Å². The Morgan fingerprint density at radius 1 is 0.875 bits per heavy atom. The molecule has 2 fully saturated rings. The highest BCUT2D eigenvalue weighted by Crippen LogP contribution is 2.33. The van der Waals surface area contributed by atoms with Crippen molar-refractivity contribution in [1.29, 1.82) is 0 Å². The molecule has 0 bridgehead atoms. The quantitative estimate of drug-likeness (QED) is 0.158. The van der Waals surface area contributed by atoms with Gasteiger partial charge in [-0.3, -0.25) is 4.79 Å². The van der Waals surface area contributed by atoms with Gasteiger partial charge < -0.3 is 9.30 Å². The van der Waals surface area contributed by atoms with Crippen LogP contribution in [0.3, 0.4) is 0 Å². The van der Waals surface area contributed by atoms with Crippen LogP contribution < -0.4 is 13.8 Å². The number of aromatic nitrogens is 2. The number of nitrogens with one attached hydrogen (secondary N) is 1. The van der Waals surface area contributed by atoms with E-state index in [4.69, 9.17) is 32.9 Å². The van der Waals surface area contributed by atoms with Crippen molar-refractivity contribution in [3.63, 3.8) is 0 Å². The SMILES string of the molecule is O=C1CN(c2cccc(-n3cc(-c4ccc(Cl)cc4Cl)nc3Cc3ccc(-c4cccc(OCCC5CCCC5)c4)cc3)c2)S(=O)(=O)N1. The lowest BCUT2D eigenvalue weighted by Gasteiger charge is -2.16. The van der Waals surface area contributed by atoms with E-state index >= 15 is 0 Å². The molecule has 0 radical (unpaired) electrons. The molecule has 1 aliphatic heterocycles. The molecule has 11 heteroatoms. The van der Waals surface area contributed by atoms with Gasteiger partial charge in [-0.2, -0.15) is 8.42 Å². The Labute approximate surface area is 290 Å². The van der Waals surface area contributed by atoms with Crippen LogP contribution in [0.2, 0.25) is 10.0 Å². The molecular formula is C37H34Cl2N4O4S. The molecule has 1 aliphatic carbocycles. The number of anilines is 1. The van der Waals surface area contributed by atoms with Crippen molar-refractivity contribution in [2.75, 3.05) is 17.5 Å². The monoisotopic (exact) mass is 700 g/mol. The number of amides is 1. The predicted octanol–water partition coefficient (Wildman–Crippen LogP) is 8.24. The van der Waals surface area contributed by atoms with Gasteiger partial charge in [0.2, 0.25) is 0 Å². The second-order valence-electron chi connectivity index (χ2n) is 12.3. The molecule has 8 nitrogen and oxygen atoms in total. The lowest BCUT2D eigenvalue weighted by molar-refractivity contribution is -0.117. The summed E-state index contributed by atoms with van der Waals surface area (Å²) in [7, 11) is -3.96. The Hall–Kier alpha value is -4.31. The van der Waals surface area contributed by atoms with Gasteiger partial charge in [-0.05, 0) is 77.6 Å². The van der Waals surface area contributed by atoms with Gasteiger partial charge in [-0.1, -0.05) is 91.3 Å². The molecule has 1 N–H and O–H groups in total. The second kappa shape index (κ2) is 13.7. The largest absolute Gasteiger partial charge is 0.494 e. The number of nitrogens with zero attached hydrogens (tertiary/aromatic N) is 3. The van der Waals surface area contributed by atoms with E-state index in [1.54, 1.807) is 30.3 Å². The first-order valence-electron chi connectivity index (χ1n) is 16.0. The zero-order valence-corrected chi connectivity index (χ0v) is 28.4. The van der Waals surface area contributed by atoms with E-state index < -0.39 is 16.1 Å². The number of benzene rings is 4. The van der Waals surface area contributed by atoms with Crippen molar-refractivity contribution in [3.8, 4) is 33.8 Å². The fourth-order valence-electron chi connectivity index (χ4n) is 6.47. The molecule has 0 spiro atoms. The highest BCUT2D eigenvalue weighted by molar-refractivity contribution is 7.92. The molecule has 2 heterocycles. The fourth-order valence-corrected chi connectivity index (χ4v) is 8.12. The Bertz CT molecular complexity index is 2080. The first-order valence-corrected chi connectivity index (χ1v) is 18.2. The van der Waals surface area contributed by atoms with E-state index in [0.29, 0.717) is 33.5 Å². The van der Waals surface area contributed by atoms with Gasteiger partial charge in [0, 0.05) is 28.9 Å². The number of carbonyl (C=O) groups is 1. The van der Waals surface area contributed by atoms with Crippen molar-refractivity contribution >= 4 is 45.0 Å². The summed E-state index contributed by atoms with van der Waals surface area (Å²) >= 11 is 12.7. The minimum absolute atomic E-state index is 0.282. The zero-order valence-electron chi connectivity index (χ0n) is 26.1. The molecule has 1 amide bonds. The molecule has 48 heavy (non-hydrogen) atoms. The van der Waals surface area contributed by atoms with Crippen LogP contribution in [0.25, 0.3) is 28.1 Å². The Morgan fingerprint density at radius 3 is 2.40 bits per heavy atom. The predicted molar refractivity (Wildman–Crippen MR) is 190 cm³/mol. The topological polar surface area (TPSA) is 93.5 Å². The first-order chi connectivity index (χ1) is 23.2. The number of imidazole rings is 1. The van der Waals surface area contributed by atoms with Gasteiger partial charge in [0.15, 0.2) is 0 Å². The molecule has 0 unspecified atom stereocenters. The standard InChI is InChI=1S/C37H34Cl2N4O4S/c38-29-15-16-33(34(39)21-29)35-23-42(30-8-4-9-31(22-30)43-24-37(44)41-48(43,45)46)36(40-35)19-26-11-13-27(14-12-26)28-7-3-10-32(20-28)47-18-17-25-5-1-2-6-25/h3-4,7-16,20-23,25H,1-2,5-6,17-19,24H2,(H,41,44). The summed E-state index contributed by atoms with van der Waals surface area (Å²) in [6.07, 6.45) is 8.80. The van der Waals surface area contributed by atoms with Gasteiger partial charge in [0.05, 0.1) is 23.0 Å². The summed E-state index contributed by atoms with van der Waals surface area (Å²) in [5.41, 5.74) is 5.62. The van der Waals surface area contributed by atoms with Crippen LogP contribution in [-0.4, -0.2) is 37.0 Å². The average Bonchev–Trinajstić information content (AvgIpc) is 3.80. The van der Waals surface area contributed by atoms with Crippen LogP contribution in [0.1, 0.15) is 43.5 Å². The van der Waals surface area contributed by atoms with Crippen LogP contribution in [0.4, 0.5) is 5.69 Å². The van der Waals surface area contributed by atoms with Gasteiger partial charge >= 0.3 is 10.2 Å². The Balaban J connectivity index is 1.16. The number of halogens is 2. The van der Waals surface area contributed by atoms with E-state index in [9.17, 15) is 13.2 Å². The summed E-state index contributed by atoms with van der Waals surface area (Å²) in [5, 5.41) is 0.988. The van der Waals surface area contributed by atoms with Crippen molar-refractivity contribution in [1.82, 2.24) is 14.3 Å². The minimum Gasteiger partial charge on any atom is -0.494 e. The van der Waals surface area contributed by atoms with Crippen molar-refractivity contribution in [3.05, 3.63) is 119 Å². The summed E-state index contributed by atoms with van der Waals surface area (Å²) in [5.74, 6) is 1.82. The number of hydrogen-bond acceptors (Lipinski definition) is 5. The molecule has 2 aliphatic rings. The smallest absolute Gasteiger partial charge is 0.326 e. The molecule has 5 aromatic rings. The maximum Gasteiger partial charge on any atom is 0.326 e. The van der Waals surface area contributed by atoms with E-state index in [2.05, 4.69) is 36.4 Å². The molecule has 1 aromatic heterocycles. The summed E-state index contributed by atoms with van der Waals surface area (Å²) in [4.78, 5) is 16.9. The highest BCUT2D eigenvalue weighted by atomic mass is 35.5. The molecule has 1 saturated heterocycles. The van der Waals surface area contributed by atoms with Crippen LogP contribution >= 0.6 is 23.2 Å². The normalized spacial score (nSPS) is 16.0. The van der Waals surface area contributed by atoms with E-state index in [0.717, 1.165) is 57.1 Å². The number of ether oxygens (including phenoxy) is 1. The maximum atomic E-state index is 12.6. The minimum atomic E-state index is -3.96. The molecule has 1 saturated carbocycles. The third-order valence-electron chi connectivity index (χ3n) is 8.96. The number of rotatable bonds is 10. The lowest BCUT2D eigenvalue weighted by atomic mass is 10.0. The molecular weight excluding hydrogens is 667 g/mol. The van der Waals surface area contributed by atoms with Crippen LogP contribution in [0, 0.1) is 5.92 Å². The first kappa shape index (κ1) is 32.2. The zero-order chi connectivity index (χ0) is 33.3. The third-order valence-corrected chi connectivity index (χ3v) is 10.9. The van der Waals surface area contributed by atoms with E-state index in [1.807, 2.05) is 39.8 Å². The Kier molecular flexibility index (Phi) is 9.18. The van der Waals surface area contributed by atoms with Crippen molar-refractivity contribution < 1.29 is 17.9 Å². The van der Waals surface area contributed by atoms with E-state index in [1.165, 1.54) is 25.7 Å². The van der Waals surface area contributed by atoms with Crippen molar-refractivity contribution in [2.45, 2.75) is 38.5 Å². The van der Waals surface area contributed by atoms with Gasteiger partial charge in [-0.15, -0.1) is 0 Å². The van der Waals surface area contributed by atoms with Crippen LogP contribution in [-0.2, 0) is 21.4 Å². The molecule has 7 rings (SSSR count). The van der Waals surface area contributed by atoms with Crippen LogP contribution in [0.15, 0.2) is 97.2 Å². The summed E-state index contributed by atoms with van der Waals surface area (Å²) in [6.45, 7) is 0.463. The van der Waals surface area contributed by atoms with Gasteiger partial charge in [-0.25, -0.2) is 14.0 Å². The van der Waals surface area contributed by atoms with Gasteiger partial charge in [0.1, 0.15) is 18.1 Å². The van der Waals surface area contributed by atoms with Gasteiger partial charge in [0.25, 0.3) is 5.91 Å². The van der Waals surface area contributed by atoms with Crippen LogP contribution in [0.5, 0.6) is 5.75 Å². The Morgan fingerprint density at radius 2 is 1.65 bits per heavy atom. The highest BCUT2D eigenvalue weighted by Gasteiger charge is 2.34. The number of carbonyl (C=O) groups excluding carboxylic acids is 1. The maximum absolute atomic E-state index is 12.6. The lowest BCUT2D eigenvalue weighted by Crippen LogP contribution is -2.29. The van der Waals surface area contributed by atoms with Crippen molar-refractivity contribution in [2.24, 2.45) is 5.92 Å².